The standard InChI is InChI=1S/C23H26N6O2S/c1-3-16-17(13-24)22(32-19(20(25)31)15-7-5-4-6-8-15)28-21(18(16)27-2)29-11-9-23(26,14-30)10-12-29/h4-8,19,30H,3,9-12,14,26H2,1H3,(H2,25,31). The van der Waals surface area contributed by atoms with Crippen LogP contribution in [-0.4, -0.2) is 41.2 Å². The van der Waals surface area contributed by atoms with Crippen LogP contribution in [0.1, 0.15) is 41.7 Å². The number of nitrogens with zero attached hydrogens (tertiary/aromatic N) is 4. The Morgan fingerprint density at radius 3 is 2.56 bits per heavy atom. The molecule has 0 radical (unpaired) electrons. The van der Waals surface area contributed by atoms with E-state index < -0.39 is 16.7 Å². The number of piperidine rings is 1. The molecule has 1 unspecified atom stereocenters. The zero-order valence-corrected chi connectivity index (χ0v) is 18.7. The quantitative estimate of drug-likeness (QED) is 0.436. The lowest BCUT2D eigenvalue weighted by atomic mass is 9.89. The lowest BCUT2D eigenvalue weighted by Crippen LogP contribution is -2.53. The molecule has 0 bridgehead atoms. The summed E-state index contributed by atoms with van der Waals surface area (Å²) in [6, 6.07) is 11.3. The first-order chi connectivity index (χ1) is 15.4. The molecule has 0 aliphatic carbocycles. The first kappa shape index (κ1) is 23.6. The van der Waals surface area contributed by atoms with Crippen molar-refractivity contribution >= 4 is 29.2 Å². The molecule has 166 valence electrons. The van der Waals surface area contributed by atoms with Crippen LogP contribution in [-0.2, 0) is 11.2 Å². The number of aliphatic hydroxyl groups excluding tert-OH is 1. The summed E-state index contributed by atoms with van der Waals surface area (Å²) in [6.07, 6.45) is 1.59. The molecule has 9 heteroatoms. The molecule has 0 saturated carbocycles. The second kappa shape index (κ2) is 10.0. The molecule has 1 saturated heterocycles. The Morgan fingerprint density at radius 1 is 1.41 bits per heavy atom. The van der Waals surface area contributed by atoms with Crippen LogP contribution in [0.2, 0.25) is 0 Å². The Balaban J connectivity index is 2.08. The Morgan fingerprint density at radius 2 is 2.06 bits per heavy atom. The number of nitrogens with two attached hydrogens (primary N) is 2. The molecule has 1 aliphatic heterocycles. The number of aromatic nitrogens is 1. The molecule has 1 fully saturated rings. The minimum Gasteiger partial charge on any atom is -0.394 e. The molecule has 1 amide bonds. The van der Waals surface area contributed by atoms with Crippen molar-refractivity contribution in [3.05, 3.63) is 58.4 Å². The molecule has 2 heterocycles. The maximum absolute atomic E-state index is 12.3. The van der Waals surface area contributed by atoms with Gasteiger partial charge in [-0.2, -0.15) is 5.26 Å². The van der Waals surface area contributed by atoms with E-state index in [-0.39, 0.29) is 6.61 Å². The van der Waals surface area contributed by atoms with Gasteiger partial charge in [-0.15, -0.1) is 0 Å². The fourth-order valence-electron chi connectivity index (χ4n) is 3.82. The van der Waals surface area contributed by atoms with Gasteiger partial charge in [-0.25, -0.2) is 9.83 Å². The van der Waals surface area contributed by atoms with Gasteiger partial charge in [-0.3, -0.25) is 4.79 Å². The number of pyridine rings is 1. The number of aliphatic hydroxyl groups is 1. The molecule has 8 nitrogen and oxygen atoms in total. The van der Waals surface area contributed by atoms with E-state index in [2.05, 4.69) is 10.9 Å². The maximum atomic E-state index is 12.3. The molecule has 1 aromatic heterocycles. The molecular formula is C23H26N6O2S. The number of carbonyl (C=O) groups excluding carboxylic acids is 1. The molecule has 2 aromatic rings. The van der Waals surface area contributed by atoms with Gasteiger partial charge in [0.2, 0.25) is 11.6 Å². The summed E-state index contributed by atoms with van der Waals surface area (Å²) in [6.45, 7) is 10.6. The van der Waals surface area contributed by atoms with E-state index in [1.165, 1.54) is 0 Å². The summed E-state index contributed by atoms with van der Waals surface area (Å²) in [5.41, 5.74) is 13.2. The third-order valence-electron chi connectivity index (χ3n) is 5.76. The van der Waals surface area contributed by atoms with Crippen LogP contribution >= 0.6 is 11.8 Å². The predicted octanol–water partition coefficient (Wildman–Crippen LogP) is 2.68. The average molecular weight is 451 g/mol. The Bertz CT molecular complexity index is 1070. The number of anilines is 1. The fraction of sp³-hybridized carbons (Fsp3) is 0.391. The second-order valence-corrected chi connectivity index (χ2v) is 8.93. The van der Waals surface area contributed by atoms with Crippen molar-refractivity contribution in [1.29, 1.82) is 5.26 Å². The molecule has 3 rings (SSSR count). The van der Waals surface area contributed by atoms with E-state index in [9.17, 15) is 15.2 Å². The smallest absolute Gasteiger partial charge is 0.235 e. The van der Waals surface area contributed by atoms with Crippen LogP contribution < -0.4 is 16.4 Å². The molecule has 1 atom stereocenters. The number of hydrogen-bond donors (Lipinski definition) is 3. The van der Waals surface area contributed by atoms with Crippen molar-refractivity contribution in [2.75, 3.05) is 24.6 Å². The largest absolute Gasteiger partial charge is 0.394 e. The number of hydrogen-bond acceptors (Lipinski definition) is 7. The van der Waals surface area contributed by atoms with Crippen LogP contribution in [0.5, 0.6) is 0 Å². The highest BCUT2D eigenvalue weighted by Crippen LogP contribution is 2.43. The van der Waals surface area contributed by atoms with Crippen molar-refractivity contribution in [1.82, 2.24) is 4.98 Å². The van der Waals surface area contributed by atoms with Crippen LogP contribution in [0.3, 0.4) is 0 Å². The number of carbonyl (C=O) groups is 1. The highest BCUT2D eigenvalue weighted by Gasteiger charge is 2.33. The van der Waals surface area contributed by atoms with Gasteiger partial charge in [-0.1, -0.05) is 49.0 Å². The van der Waals surface area contributed by atoms with E-state index >= 15 is 0 Å². The molecule has 32 heavy (non-hydrogen) atoms. The zero-order chi connectivity index (χ0) is 23.3. The van der Waals surface area contributed by atoms with Gasteiger partial charge in [0.15, 0.2) is 0 Å². The van der Waals surface area contributed by atoms with Gasteiger partial charge in [0.25, 0.3) is 0 Å². The predicted molar refractivity (Wildman–Crippen MR) is 124 cm³/mol. The third kappa shape index (κ3) is 4.71. The number of amides is 1. The van der Waals surface area contributed by atoms with Crippen LogP contribution in [0, 0.1) is 17.9 Å². The van der Waals surface area contributed by atoms with Crippen molar-refractivity contribution in [2.24, 2.45) is 11.5 Å². The lowest BCUT2D eigenvalue weighted by Gasteiger charge is -2.39. The second-order valence-electron chi connectivity index (χ2n) is 7.84. The molecule has 1 aliphatic rings. The van der Waals surface area contributed by atoms with Crippen LogP contribution in [0.4, 0.5) is 11.5 Å². The average Bonchev–Trinajstić information content (AvgIpc) is 2.82. The topological polar surface area (TPSA) is 134 Å². The normalized spacial score (nSPS) is 16.1. The van der Waals surface area contributed by atoms with Gasteiger partial charge < -0.3 is 21.5 Å². The number of nitriles is 1. The summed E-state index contributed by atoms with van der Waals surface area (Å²) >= 11 is 1.13. The summed E-state index contributed by atoms with van der Waals surface area (Å²) in [7, 11) is 0. The molecular weight excluding hydrogens is 424 g/mol. The lowest BCUT2D eigenvalue weighted by molar-refractivity contribution is -0.117. The zero-order valence-electron chi connectivity index (χ0n) is 17.9. The van der Waals surface area contributed by atoms with Crippen LogP contribution in [0.15, 0.2) is 35.4 Å². The van der Waals surface area contributed by atoms with E-state index in [0.29, 0.717) is 60.0 Å². The Hall–Kier alpha value is -3.11. The monoisotopic (exact) mass is 450 g/mol. The van der Waals surface area contributed by atoms with Crippen molar-refractivity contribution in [3.8, 4) is 6.07 Å². The summed E-state index contributed by atoms with van der Waals surface area (Å²) in [5, 5.41) is 19.1. The molecule has 5 N–H and O–H groups in total. The highest BCUT2D eigenvalue weighted by molar-refractivity contribution is 8.00. The van der Waals surface area contributed by atoms with Gasteiger partial charge in [0.1, 0.15) is 22.2 Å². The van der Waals surface area contributed by atoms with Crippen molar-refractivity contribution in [3.63, 3.8) is 0 Å². The Kier molecular flexibility index (Phi) is 7.37. The van der Waals surface area contributed by atoms with E-state index in [1.54, 1.807) is 0 Å². The van der Waals surface area contributed by atoms with Gasteiger partial charge in [0, 0.05) is 18.6 Å². The Labute approximate surface area is 192 Å². The summed E-state index contributed by atoms with van der Waals surface area (Å²) in [5.74, 6) is -0.0517. The first-order valence-electron chi connectivity index (χ1n) is 10.4. The minimum atomic E-state index is -0.723. The van der Waals surface area contributed by atoms with Gasteiger partial charge in [0.05, 0.1) is 18.7 Å². The van der Waals surface area contributed by atoms with E-state index in [4.69, 9.17) is 23.0 Å². The van der Waals surface area contributed by atoms with Crippen LogP contribution in [0.25, 0.3) is 4.85 Å². The van der Waals surface area contributed by atoms with E-state index in [0.717, 1.165) is 17.3 Å². The first-order valence-corrected chi connectivity index (χ1v) is 11.3. The minimum absolute atomic E-state index is 0.101. The molecule has 1 aromatic carbocycles. The fourth-order valence-corrected chi connectivity index (χ4v) is 4.88. The number of primary amides is 1. The number of benzene rings is 1. The van der Waals surface area contributed by atoms with E-state index in [1.807, 2.05) is 42.2 Å². The summed E-state index contributed by atoms with van der Waals surface area (Å²) in [4.78, 5) is 22.7. The summed E-state index contributed by atoms with van der Waals surface area (Å²) < 4.78 is 0. The third-order valence-corrected chi connectivity index (χ3v) is 7.02. The van der Waals surface area contributed by atoms with Gasteiger partial charge in [-0.05, 0) is 30.4 Å². The van der Waals surface area contributed by atoms with Crippen molar-refractivity contribution in [2.45, 2.75) is 42.0 Å². The number of rotatable bonds is 7. The SMILES string of the molecule is [C-]#[N+]c1c(N2CCC(N)(CO)CC2)nc(SC(C(N)=O)c2ccccc2)c(C#N)c1CC. The molecule has 0 spiro atoms. The highest BCUT2D eigenvalue weighted by atomic mass is 32.2. The van der Waals surface area contributed by atoms with Gasteiger partial charge >= 0.3 is 0 Å². The van der Waals surface area contributed by atoms with Crippen molar-refractivity contribution < 1.29 is 9.90 Å². The maximum Gasteiger partial charge on any atom is 0.235 e. The number of thioether (sulfide) groups is 1.